The first-order valence-corrected chi connectivity index (χ1v) is 8.71. The summed E-state index contributed by atoms with van der Waals surface area (Å²) in [5.74, 6) is -0.370. The number of carbonyl (C=O) groups excluding carboxylic acids is 1. The highest BCUT2D eigenvalue weighted by molar-refractivity contribution is 8.27. The molecular weight excluding hydrogens is 361 g/mol. The van der Waals surface area contributed by atoms with Crippen molar-refractivity contribution < 1.29 is 19.0 Å². The molecule has 1 saturated heterocycles. The Morgan fingerprint density at radius 2 is 2.12 bits per heavy atom. The van der Waals surface area contributed by atoms with E-state index in [1.807, 2.05) is 6.92 Å². The van der Waals surface area contributed by atoms with E-state index in [9.17, 15) is 14.3 Å². The molecule has 25 heavy (non-hydrogen) atoms. The molecule has 7 heteroatoms. The lowest BCUT2D eigenvalue weighted by Crippen LogP contribution is -2.27. The van der Waals surface area contributed by atoms with Gasteiger partial charge in [-0.2, -0.15) is 0 Å². The molecule has 1 aliphatic rings. The molecule has 1 fully saturated rings. The van der Waals surface area contributed by atoms with Crippen LogP contribution in [-0.4, -0.2) is 21.9 Å². The van der Waals surface area contributed by atoms with Crippen molar-refractivity contribution in [2.75, 3.05) is 11.5 Å². The molecule has 128 valence electrons. The number of nitrogens with zero attached hydrogens (tertiary/aromatic N) is 1. The zero-order valence-electron chi connectivity index (χ0n) is 13.2. The van der Waals surface area contributed by atoms with Crippen LogP contribution < -0.4 is 9.64 Å². The summed E-state index contributed by atoms with van der Waals surface area (Å²) in [5, 5.41) is 9.76. The average molecular weight is 375 g/mol. The third kappa shape index (κ3) is 3.67. The van der Waals surface area contributed by atoms with Gasteiger partial charge in [0.1, 0.15) is 5.82 Å². The molecule has 1 aliphatic heterocycles. The quantitative estimate of drug-likeness (QED) is 0.636. The van der Waals surface area contributed by atoms with Crippen LogP contribution in [0, 0.1) is 5.82 Å². The maximum absolute atomic E-state index is 13.4. The van der Waals surface area contributed by atoms with Crippen molar-refractivity contribution in [3.05, 3.63) is 58.8 Å². The third-order valence-corrected chi connectivity index (χ3v) is 4.74. The first-order valence-electron chi connectivity index (χ1n) is 7.49. The molecule has 1 N–H and O–H groups in total. The van der Waals surface area contributed by atoms with Crippen molar-refractivity contribution in [2.45, 2.75) is 6.92 Å². The number of hydrogen-bond donors (Lipinski definition) is 1. The van der Waals surface area contributed by atoms with Gasteiger partial charge < -0.3 is 9.84 Å². The Kier molecular flexibility index (Phi) is 5.06. The Morgan fingerprint density at radius 1 is 1.32 bits per heavy atom. The van der Waals surface area contributed by atoms with Crippen LogP contribution in [0.15, 0.2) is 47.4 Å². The van der Waals surface area contributed by atoms with Gasteiger partial charge in [0.2, 0.25) is 0 Å². The average Bonchev–Trinajstić information content (AvgIpc) is 2.85. The standard InChI is InChI=1S/C18H14FNO3S2/c1-2-23-15-8-11(6-7-14(15)21)9-16-17(22)20(18(24)25-16)13-5-3-4-12(19)10-13/h3-10,21H,2H2,1H3/b16-9-. The second kappa shape index (κ2) is 7.25. The highest BCUT2D eigenvalue weighted by atomic mass is 32.2. The van der Waals surface area contributed by atoms with E-state index in [1.165, 1.54) is 29.2 Å². The van der Waals surface area contributed by atoms with Gasteiger partial charge in [0.05, 0.1) is 17.2 Å². The number of phenols is 1. The van der Waals surface area contributed by atoms with Crippen LogP contribution in [0.4, 0.5) is 10.1 Å². The molecule has 0 aromatic heterocycles. The molecular formula is C18H14FNO3S2. The zero-order valence-corrected chi connectivity index (χ0v) is 14.9. The van der Waals surface area contributed by atoms with E-state index in [1.54, 1.807) is 24.3 Å². The van der Waals surface area contributed by atoms with Gasteiger partial charge in [-0.15, -0.1) is 0 Å². The number of rotatable bonds is 4. The summed E-state index contributed by atoms with van der Waals surface area (Å²) in [6.07, 6.45) is 1.67. The Labute approximate surface area is 153 Å². The molecule has 2 aromatic rings. The fourth-order valence-corrected chi connectivity index (χ4v) is 3.65. The number of thiocarbonyl (C=S) groups is 1. The minimum absolute atomic E-state index is 0.0336. The van der Waals surface area contributed by atoms with Crippen LogP contribution in [-0.2, 0) is 4.79 Å². The van der Waals surface area contributed by atoms with Gasteiger partial charge in [-0.3, -0.25) is 9.69 Å². The monoisotopic (exact) mass is 375 g/mol. The highest BCUT2D eigenvalue weighted by Crippen LogP contribution is 2.37. The number of anilines is 1. The Bertz CT molecular complexity index is 882. The van der Waals surface area contributed by atoms with Crippen molar-refractivity contribution >= 4 is 46.0 Å². The van der Waals surface area contributed by atoms with Gasteiger partial charge >= 0.3 is 0 Å². The van der Waals surface area contributed by atoms with Crippen molar-refractivity contribution in [3.63, 3.8) is 0 Å². The molecule has 2 aromatic carbocycles. The fraction of sp³-hybridized carbons (Fsp3) is 0.111. The van der Waals surface area contributed by atoms with E-state index in [0.717, 1.165) is 11.8 Å². The predicted octanol–water partition coefficient (Wildman–Crippen LogP) is 4.34. The molecule has 0 atom stereocenters. The molecule has 0 saturated carbocycles. The van der Waals surface area contributed by atoms with E-state index in [-0.39, 0.29) is 11.7 Å². The SMILES string of the molecule is CCOc1cc(/C=C2\SC(=S)N(c3cccc(F)c3)C2=O)ccc1O. The summed E-state index contributed by atoms with van der Waals surface area (Å²) < 4.78 is 19.1. The lowest BCUT2D eigenvalue weighted by molar-refractivity contribution is -0.113. The maximum atomic E-state index is 13.4. The third-order valence-electron chi connectivity index (χ3n) is 3.44. The van der Waals surface area contributed by atoms with Crippen LogP contribution in [0.5, 0.6) is 11.5 Å². The van der Waals surface area contributed by atoms with Crippen LogP contribution in [0.25, 0.3) is 6.08 Å². The summed E-state index contributed by atoms with van der Waals surface area (Å²) in [5.41, 5.74) is 1.09. The normalized spacial score (nSPS) is 15.9. The number of carbonyl (C=O) groups is 1. The van der Waals surface area contributed by atoms with E-state index < -0.39 is 5.82 Å². The highest BCUT2D eigenvalue weighted by Gasteiger charge is 2.33. The Morgan fingerprint density at radius 3 is 2.84 bits per heavy atom. The van der Waals surface area contributed by atoms with Crippen LogP contribution >= 0.6 is 24.0 Å². The second-order valence-corrected chi connectivity index (χ2v) is 6.83. The van der Waals surface area contributed by atoms with Gasteiger partial charge in [-0.1, -0.05) is 36.1 Å². The molecule has 0 radical (unpaired) electrons. The fourth-order valence-electron chi connectivity index (χ4n) is 2.35. The Balaban J connectivity index is 1.92. The molecule has 1 amide bonds. The minimum Gasteiger partial charge on any atom is -0.504 e. The van der Waals surface area contributed by atoms with Gasteiger partial charge in [0.15, 0.2) is 15.8 Å². The van der Waals surface area contributed by atoms with E-state index in [2.05, 4.69) is 0 Å². The minimum atomic E-state index is -0.435. The van der Waals surface area contributed by atoms with Crippen molar-refractivity contribution in [3.8, 4) is 11.5 Å². The summed E-state index contributed by atoms with van der Waals surface area (Å²) >= 11 is 6.41. The second-order valence-electron chi connectivity index (χ2n) is 5.16. The van der Waals surface area contributed by atoms with E-state index >= 15 is 0 Å². The first kappa shape index (κ1) is 17.4. The molecule has 0 spiro atoms. The van der Waals surface area contributed by atoms with E-state index in [4.69, 9.17) is 17.0 Å². The van der Waals surface area contributed by atoms with Crippen molar-refractivity contribution in [1.82, 2.24) is 0 Å². The van der Waals surface area contributed by atoms with Crippen LogP contribution in [0.2, 0.25) is 0 Å². The molecule has 0 aliphatic carbocycles. The van der Waals surface area contributed by atoms with Crippen molar-refractivity contribution in [2.24, 2.45) is 0 Å². The van der Waals surface area contributed by atoms with Crippen molar-refractivity contribution in [1.29, 1.82) is 0 Å². The number of phenolic OH excluding ortho intramolecular Hbond substituents is 1. The molecule has 0 unspecified atom stereocenters. The number of aromatic hydroxyl groups is 1. The number of ether oxygens (including phenoxy) is 1. The number of halogens is 1. The molecule has 0 bridgehead atoms. The molecule has 4 nitrogen and oxygen atoms in total. The topological polar surface area (TPSA) is 49.8 Å². The summed E-state index contributed by atoms with van der Waals surface area (Å²) in [6, 6.07) is 10.6. The first-order chi connectivity index (χ1) is 12.0. The largest absolute Gasteiger partial charge is 0.504 e. The predicted molar refractivity (Wildman–Crippen MR) is 101 cm³/mol. The summed E-state index contributed by atoms with van der Waals surface area (Å²) in [7, 11) is 0. The Hall–Kier alpha value is -2.38. The summed E-state index contributed by atoms with van der Waals surface area (Å²) in [6.45, 7) is 2.23. The lowest BCUT2D eigenvalue weighted by atomic mass is 10.2. The lowest BCUT2D eigenvalue weighted by Gasteiger charge is -2.14. The molecule has 1 heterocycles. The van der Waals surface area contributed by atoms with Gasteiger partial charge in [0, 0.05) is 0 Å². The number of amides is 1. The van der Waals surface area contributed by atoms with Gasteiger partial charge in [-0.05, 0) is 48.9 Å². The number of hydrogen-bond acceptors (Lipinski definition) is 5. The molecule has 3 rings (SSSR count). The van der Waals surface area contributed by atoms with E-state index in [0.29, 0.717) is 32.8 Å². The van der Waals surface area contributed by atoms with Crippen LogP contribution in [0.1, 0.15) is 12.5 Å². The van der Waals surface area contributed by atoms with Gasteiger partial charge in [-0.25, -0.2) is 4.39 Å². The van der Waals surface area contributed by atoms with Crippen LogP contribution in [0.3, 0.4) is 0 Å². The number of thioether (sulfide) groups is 1. The summed E-state index contributed by atoms with van der Waals surface area (Å²) in [4.78, 5) is 14.4. The smallest absolute Gasteiger partial charge is 0.270 e. The van der Waals surface area contributed by atoms with Gasteiger partial charge in [0.25, 0.3) is 5.91 Å². The number of benzene rings is 2. The maximum Gasteiger partial charge on any atom is 0.270 e. The zero-order chi connectivity index (χ0) is 18.0.